The molecule has 0 aromatic rings. The van der Waals surface area contributed by atoms with Crippen molar-refractivity contribution in [3.05, 3.63) is 0 Å². The summed E-state index contributed by atoms with van der Waals surface area (Å²) in [5.41, 5.74) is 0. The maximum atomic E-state index is 3.30. The van der Waals surface area contributed by atoms with Gasteiger partial charge in [0.05, 0.1) is 0 Å². The Kier molecular flexibility index (Phi) is 5.70. The molecule has 0 saturated heterocycles. The molecular formula is C9H21N. The molecule has 10 heavy (non-hydrogen) atoms. The first kappa shape index (κ1) is 9.96. The lowest BCUT2D eigenvalue weighted by atomic mass is 9.94. The molecule has 0 fully saturated rings. The Balaban J connectivity index is 3.56. The van der Waals surface area contributed by atoms with Gasteiger partial charge in [0.2, 0.25) is 0 Å². The van der Waals surface area contributed by atoms with Crippen molar-refractivity contribution >= 4 is 0 Å². The van der Waals surface area contributed by atoms with Crippen LogP contribution in [0.1, 0.15) is 40.0 Å². The normalized spacial score (nSPS) is 16.8. The zero-order chi connectivity index (χ0) is 7.98. The molecule has 0 aliphatic rings. The quantitative estimate of drug-likeness (QED) is 0.623. The summed E-state index contributed by atoms with van der Waals surface area (Å²) in [6.45, 7) is 6.79. The minimum Gasteiger partial charge on any atom is -0.317 e. The second-order valence-corrected chi connectivity index (χ2v) is 3.03. The standard InChI is InChI=1S/C9H21N/c1-5-7-9(6-2)8(3)10-4/h8-10H,5-7H2,1-4H3/t8-,9?/m0/s1. The predicted octanol–water partition coefficient (Wildman–Crippen LogP) is 2.42. The van der Waals surface area contributed by atoms with Gasteiger partial charge < -0.3 is 5.32 Å². The van der Waals surface area contributed by atoms with Crippen LogP contribution in [0.2, 0.25) is 0 Å². The lowest BCUT2D eigenvalue weighted by Crippen LogP contribution is -2.29. The highest BCUT2D eigenvalue weighted by atomic mass is 14.9. The van der Waals surface area contributed by atoms with E-state index in [1.165, 1.54) is 19.3 Å². The van der Waals surface area contributed by atoms with Crippen LogP contribution in [0, 0.1) is 5.92 Å². The lowest BCUT2D eigenvalue weighted by molar-refractivity contribution is 0.357. The van der Waals surface area contributed by atoms with Crippen molar-refractivity contribution in [3.63, 3.8) is 0 Å². The van der Waals surface area contributed by atoms with E-state index in [-0.39, 0.29) is 0 Å². The SMILES string of the molecule is CCCC(CC)[C@H](C)NC. The molecular weight excluding hydrogens is 122 g/mol. The highest BCUT2D eigenvalue weighted by Gasteiger charge is 2.11. The molecule has 0 aromatic carbocycles. The molecule has 62 valence electrons. The molecule has 0 amide bonds. The fourth-order valence-electron chi connectivity index (χ4n) is 1.41. The molecule has 0 spiro atoms. The Morgan fingerprint density at radius 3 is 2.20 bits per heavy atom. The number of nitrogens with one attached hydrogen (secondary N) is 1. The minimum absolute atomic E-state index is 0.685. The van der Waals surface area contributed by atoms with Gasteiger partial charge in [0, 0.05) is 6.04 Å². The Bertz CT molecular complexity index is 71.1. The monoisotopic (exact) mass is 143 g/mol. The van der Waals surface area contributed by atoms with Crippen LogP contribution in [0.15, 0.2) is 0 Å². The first-order valence-corrected chi connectivity index (χ1v) is 4.43. The molecule has 0 rings (SSSR count). The van der Waals surface area contributed by atoms with Crippen LogP contribution in [-0.4, -0.2) is 13.1 Å². The third-order valence-corrected chi connectivity index (χ3v) is 2.35. The van der Waals surface area contributed by atoms with Crippen LogP contribution < -0.4 is 5.32 Å². The third kappa shape index (κ3) is 3.21. The molecule has 0 aliphatic carbocycles. The summed E-state index contributed by atoms with van der Waals surface area (Å²) in [6, 6.07) is 0.685. The first-order valence-electron chi connectivity index (χ1n) is 4.43. The van der Waals surface area contributed by atoms with Crippen LogP contribution >= 0.6 is 0 Å². The summed E-state index contributed by atoms with van der Waals surface area (Å²) in [4.78, 5) is 0. The first-order chi connectivity index (χ1) is 4.76. The summed E-state index contributed by atoms with van der Waals surface area (Å²) in [6.07, 6.45) is 3.97. The minimum atomic E-state index is 0.685. The van der Waals surface area contributed by atoms with Crippen molar-refractivity contribution in [3.8, 4) is 0 Å². The molecule has 2 atom stereocenters. The fraction of sp³-hybridized carbons (Fsp3) is 1.00. The van der Waals surface area contributed by atoms with E-state index in [0.29, 0.717) is 6.04 Å². The van der Waals surface area contributed by atoms with Crippen LogP contribution in [0.25, 0.3) is 0 Å². The smallest absolute Gasteiger partial charge is 0.00638 e. The van der Waals surface area contributed by atoms with Gasteiger partial charge in [-0.1, -0.05) is 26.7 Å². The van der Waals surface area contributed by atoms with Crippen molar-refractivity contribution < 1.29 is 0 Å². The van der Waals surface area contributed by atoms with Gasteiger partial charge in [-0.3, -0.25) is 0 Å². The van der Waals surface area contributed by atoms with Crippen LogP contribution in [-0.2, 0) is 0 Å². The summed E-state index contributed by atoms with van der Waals surface area (Å²) in [5.74, 6) is 0.870. The second kappa shape index (κ2) is 5.72. The summed E-state index contributed by atoms with van der Waals surface area (Å²) in [5, 5.41) is 3.30. The molecule has 0 aromatic heterocycles. The molecule has 1 nitrogen and oxygen atoms in total. The largest absolute Gasteiger partial charge is 0.317 e. The Labute approximate surface area is 65.2 Å². The van der Waals surface area contributed by atoms with E-state index < -0.39 is 0 Å². The van der Waals surface area contributed by atoms with Gasteiger partial charge in [0.25, 0.3) is 0 Å². The summed E-state index contributed by atoms with van der Waals surface area (Å²) < 4.78 is 0. The Morgan fingerprint density at radius 1 is 1.30 bits per heavy atom. The van der Waals surface area contributed by atoms with Gasteiger partial charge in [0.15, 0.2) is 0 Å². The van der Waals surface area contributed by atoms with Crippen LogP contribution in [0.4, 0.5) is 0 Å². The molecule has 0 saturated carbocycles. The highest BCUT2D eigenvalue weighted by Crippen LogP contribution is 2.14. The van der Waals surface area contributed by atoms with E-state index in [1.54, 1.807) is 0 Å². The molecule has 0 radical (unpaired) electrons. The van der Waals surface area contributed by atoms with E-state index in [1.807, 2.05) is 7.05 Å². The molecule has 0 bridgehead atoms. The van der Waals surface area contributed by atoms with Crippen molar-refractivity contribution in [2.24, 2.45) is 5.92 Å². The van der Waals surface area contributed by atoms with Gasteiger partial charge in [-0.05, 0) is 26.3 Å². The maximum absolute atomic E-state index is 3.30. The molecule has 0 heterocycles. The van der Waals surface area contributed by atoms with Gasteiger partial charge in [-0.15, -0.1) is 0 Å². The fourth-order valence-corrected chi connectivity index (χ4v) is 1.41. The Hall–Kier alpha value is -0.0400. The van der Waals surface area contributed by atoms with E-state index in [0.717, 1.165) is 5.92 Å². The zero-order valence-corrected chi connectivity index (χ0v) is 7.78. The van der Waals surface area contributed by atoms with Crippen molar-refractivity contribution in [1.29, 1.82) is 0 Å². The van der Waals surface area contributed by atoms with Crippen molar-refractivity contribution in [2.45, 2.75) is 46.1 Å². The summed E-state index contributed by atoms with van der Waals surface area (Å²) in [7, 11) is 2.04. The zero-order valence-electron chi connectivity index (χ0n) is 7.78. The number of hydrogen-bond acceptors (Lipinski definition) is 1. The van der Waals surface area contributed by atoms with E-state index in [2.05, 4.69) is 26.1 Å². The topological polar surface area (TPSA) is 12.0 Å². The average molecular weight is 143 g/mol. The van der Waals surface area contributed by atoms with Gasteiger partial charge >= 0.3 is 0 Å². The van der Waals surface area contributed by atoms with E-state index in [4.69, 9.17) is 0 Å². The van der Waals surface area contributed by atoms with E-state index in [9.17, 15) is 0 Å². The van der Waals surface area contributed by atoms with Crippen molar-refractivity contribution in [1.82, 2.24) is 5.32 Å². The maximum Gasteiger partial charge on any atom is 0.00638 e. The van der Waals surface area contributed by atoms with Crippen molar-refractivity contribution in [2.75, 3.05) is 7.05 Å². The van der Waals surface area contributed by atoms with E-state index >= 15 is 0 Å². The summed E-state index contributed by atoms with van der Waals surface area (Å²) >= 11 is 0. The number of hydrogen-bond donors (Lipinski definition) is 1. The Morgan fingerprint density at radius 2 is 1.90 bits per heavy atom. The molecule has 1 heteroatoms. The average Bonchev–Trinajstić information content (AvgIpc) is 1.99. The highest BCUT2D eigenvalue weighted by molar-refractivity contribution is 4.68. The molecule has 1 unspecified atom stereocenters. The van der Waals surface area contributed by atoms with Gasteiger partial charge in [-0.25, -0.2) is 0 Å². The van der Waals surface area contributed by atoms with Gasteiger partial charge in [0.1, 0.15) is 0 Å². The number of rotatable bonds is 5. The van der Waals surface area contributed by atoms with Gasteiger partial charge in [-0.2, -0.15) is 0 Å². The molecule has 0 aliphatic heterocycles. The van der Waals surface area contributed by atoms with Crippen LogP contribution in [0.5, 0.6) is 0 Å². The lowest BCUT2D eigenvalue weighted by Gasteiger charge is -2.21. The third-order valence-electron chi connectivity index (χ3n) is 2.35. The molecule has 1 N–H and O–H groups in total. The predicted molar refractivity (Wildman–Crippen MR) is 47.2 cm³/mol. The van der Waals surface area contributed by atoms with Crippen LogP contribution in [0.3, 0.4) is 0 Å². The second-order valence-electron chi connectivity index (χ2n) is 3.03.